The third-order valence-corrected chi connectivity index (χ3v) is 2.78. The molecule has 2 aromatic rings. The normalized spacial score (nSPS) is 13.1. The highest BCUT2D eigenvalue weighted by atomic mass is 32.1. The van der Waals surface area contributed by atoms with Crippen molar-refractivity contribution < 1.29 is 0 Å². The van der Waals surface area contributed by atoms with E-state index in [1.165, 1.54) is 0 Å². The van der Waals surface area contributed by atoms with E-state index in [2.05, 4.69) is 10.4 Å². The smallest absolute Gasteiger partial charge is 0.0946 e. The molecular weight excluding hydrogens is 182 g/mol. The van der Waals surface area contributed by atoms with E-state index in [1.54, 1.807) is 17.7 Å². The van der Waals surface area contributed by atoms with E-state index in [0.29, 0.717) is 0 Å². The van der Waals surface area contributed by atoms with E-state index >= 15 is 0 Å². The Hall–Kier alpha value is -1.13. The maximum atomic E-state index is 6.05. The molecule has 68 valence electrons. The van der Waals surface area contributed by atoms with Crippen molar-refractivity contribution in [1.29, 1.82) is 0 Å². The van der Waals surface area contributed by atoms with Gasteiger partial charge < -0.3 is 10.3 Å². The molecule has 0 saturated heterocycles. The van der Waals surface area contributed by atoms with E-state index in [0.717, 1.165) is 11.3 Å². The molecule has 0 aromatic carbocycles. The summed E-state index contributed by atoms with van der Waals surface area (Å²) in [4.78, 5) is 4.04. The zero-order valence-electron chi connectivity index (χ0n) is 7.34. The van der Waals surface area contributed by atoms with Gasteiger partial charge >= 0.3 is 0 Å². The lowest BCUT2D eigenvalue weighted by Gasteiger charge is -2.09. The number of hydrogen-bond acceptors (Lipinski definition) is 3. The average molecular weight is 193 g/mol. The fourth-order valence-electron chi connectivity index (χ4n) is 1.29. The minimum absolute atomic E-state index is 0.0567. The first-order chi connectivity index (χ1) is 6.29. The molecule has 2 aromatic heterocycles. The van der Waals surface area contributed by atoms with Crippen LogP contribution in [0.25, 0.3) is 0 Å². The summed E-state index contributed by atoms with van der Waals surface area (Å²) in [5, 5.41) is 4.10. The SMILES string of the molecule is Cn1cncc1C(N)c1ccsc1. The molecule has 3 nitrogen and oxygen atoms in total. The molecule has 0 bridgehead atoms. The van der Waals surface area contributed by atoms with Crippen LogP contribution in [0.2, 0.25) is 0 Å². The second-order valence-corrected chi connectivity index (χ2v) is 3.74. The Kier molecular flexibility index (Phi) is 2.16. The molecule has 0 radical (unpaired) electrons. The molecule has 0 aliphatic rings. The van der Waals surface area contributed by atoms with E-state index in [1.807, 2.05) is 29.3 Å². The predicted octanol–water partition coefficient (Wildman–Crippen LogP) is 1.53. The van der Waals surface area contributed by atoms with E-state index in [-0.39, 0.29) is 6.04 Å². The van der Waals surface area contributed by atoms with Gasteiger partial charge in [0.25, 0.3) is 0 Å². The largest absolute Gasteiger partial charge is 0.336 e. The third kappa shape index (κ3) is 1.50. The lowest BCUT2D eigenvalue weighted by Crippen LogP contribution is -2.14. The number of aromatic nitrogens is 2. The fraction of sp³-hybridized carbons (Fsp3) is 0.222. The van der Waals surface area contributed by atoms with Crippen molar-refractivity contribution in [3.05, 3.63) is 40.6 Å². The van der Waals surface area contributed by atoms with Crippen LogP contribution in [-0.4, -0.2) is 9.55 Å². The quantitative estimate of drug-likeness (QED) is 0.786. The molecular formula is C9H11N3S. The summed E-state index contributed by atoms with van der Waals surface area (Å²) in [6.07, 6.45) is 3.57. The molecule has 2 N–H and O–H groups in total. The van der Waals surface area contributed by atoms with Crippen molar-refractivity contribution in [3.8, 4) is 0 Å². The number of nitrogens with two attached hydrogens (primary N) is 1. The van der Waals surface area contributed by atoms with Gasteiger partial charge in [0, 0.05) is 7.05 Å². The highest BCUT2D eigenvalue weighted by Gasteiger charge is 2.11. The van der Waals surface area contributed by atoms with Crippen molar-refractivity contribution in [1.82, 2.24) is 9.55 Å². The van der Waals surface area contributed by atoms with Gasteiger partial charge in [-0.25, -0.2) is 4.98 Å². The van der Waals surface area contributed by atoms with Gasteiger partial charge in [-0.1, -0.05) is 0 Å². The molecule has 2 heterocycles. The molecule has 0 aliphatic carbocycles. The second kappa shape index (κ2) is 3.32. The van der Waals surface area contributed by atoms with E-state index in [9.17, 15) is 0 Å². The first kappa shape index (κ1) is 8.47. The summed E-state index contributed by atoms with van der Waals surface area (Å²) >= 11 is 1.66. The maximum absolute atomic E-state index is 6.05. The highest BCUT2D eigenvalue weighted by Crippen LogP contribution is 2.20. The van der Waals surface area contributed by atoms with Gasteiger partial charge in [-0.2, -0.15) is 11.3 Å². The van der Waals surface area contributed by atoms with Crippen LogP contribution in [-0.2, 0) is 7.05 Å². The minimum Gasteiger partial charge on any atom is -0.336 e. The van der Waals surface area contributed by atoms with Gasteiger partial charge in [0.2, 0.25) is 0 Å². The van der Waals surface area contributed by atoms with Gasteiger partial charge in [0.05, 0.1) is 24.3 Å². The molecule has 4 heteroatoms. The monoisotopic (exact) mass is 193 g/mol. The third-order valence-electron chi connectivity index (χ3n) is 2.07. The lowest BCUT2D eigenvalue weighted by atomic mass is 10.1. The molecule has 0 amide bonds. The maximum Gasteiger partial charge on any atom is 0.0946 e. The summed E-state index contributed by atoms with van der Waals surface area (Å²) in [6, 6.07) is 1.99. The number of hydrogen-bond donors (Lipinski definition) is 1. The number of thiophene rings is 1. The van der Waals surface area contributed by atoms with Crippen molar-refractivity contribution in [3.63, 3.8) is 0 Å². The first-order valence-electron chi connectivity index (χ1n) is 4.03. The summed E-state index contributed by atoms with van der Waals surface area (Å²) < 4.78 is 1.95. The van der Waals surface area contributed by atoms with Crippen molar-refractivity contribution >= 4 is 11.3 Å². The lowest BCUT2D eigenvalue weighted by molar-refractivity contribution is 0.748. The average Bonchev–Trinajstić information content (AvgIpc) is 2.72. The molecule has 2 rings (SSSR count). The van der Waals surface area contributed by atoms with Gasteiger partial charge in [-0.15, -0.1) is 0 Å². The summed E-state index contributed by atoms with van der Waals surface area (Å²) in [5.41, 5.74) is 8.24. The number of aryl methyl sites for hydroxylation is 1. The van der Waals surface area contributed by atoms with Gasteiger partial charge in [0.1, 0.15) is 0 Å². The Morgan fingerprint density at radius 2 is 2.46 bits per heavy atom. The number of imidazole rings is 1. The van der Waals surface area contributed by atoms with Crippen LogP contribution in [0.1, 0.15) is 17.3 Å². The molecule has 0 aliphatic heterocycles. The Balaban J connectivity index is 2.33. The predicted molar refractivity (Wildman–Crippen MR) is 53.6 cm³/mol. The van der Waals surface area contributed by atoms with Crippen LogP contribution in [0, 0.1) is 0 Å². The topological polar surface area (TPSA) is 43.8 Å². The minimum atomic E-state index is -0.0567. The van der Waals surface area contributed by atoms with Crippen LogP contribution in [0.4, 0.5) is 0 Å². The summed E-state index contributed by atoms with van der Waals surface area (Å²) in [7, 11) is 1.95. The summed E-state index contributed by atoms with van der Waals surface area (Å²) in [6.45, 7) is 0. The molecule has 0 spiro atoms. The van der Waals surface area contributed by atoms with Crippen LogP contribution < -0.4 is 5.73 Å². The van der Waals surface area contributed by atoms with Crippen molar-refractivity contribution in [2.45, 2.75) is 6.04 Å². The van der Waals surface area contributed by atoms with Crippen molar-refractivity contribution in [2.24, 2.45) is 12.8 Å². The second-order valence-electron chi connectivity index (χ2n) is 2.96. The number of rotatable bonds is 2. The van der Waals surface area contributed by atoms with Crippen LogP contribution >= 0.6 is 11.3 Å². The molecule has 1 atom stereocenters. The van der Waals surface area contributed by atoms with Gasteiger partial charge in [-0.3, -0.25) is 0 Å². The summed E-state index contributed by atoms with van der Waals surface area (Å²) in [5.74, 6) is 0. The molecule has 0 fully saturated rings. The molecule has 13 heavy (non-hydrogen) atoms. The Labute approximate surface area is 80.8 Å². The van der Waals surface area contributed by atoms with E-state index in [4.69, 9.17) is 5.73 Å². The number of nitrogens with zero attached hydrogens (tertiary/aromatic N) is 2. The van der Waals surface area contributed by atoms with Crippen LogP contribution in [0.15, 0.2) is 29.4 Å². The van der Waals surface area contributed by atoms with Gasteiger partial charge in [0.15, 0.2) is 0 Å². The highest BCUT2D eigenvalue weighted by molar-refractivity contribution is 7.07. The van der Waals surface area contributed by atoms with Crippen LogP contribution in [0.5, 0.6) is 0 Å². The molecule has 1 unspecified atom stereocenters. The Bertz CT molecular complexity index is 377. The Morgan fingerprint density at radius 3 is 3.00 bits per heavy atom. The van der Waals surface area contributed by atoms with Crippen molar-refractivity contribution in [2.75, 3.05) is 0 Å². The standard InChI is InChI=1S/C9H11N3S/c1-12-6-11-4-8(12)9(10)7-2-3-13-5-7/h2-6,9H,10H2,1H3. The van der Waals surface area contributed by atoms with E-state index < -0.39 is 0 Å². The van der Waals surface area contributed by atoms with Gasteiger partial charge in [-0.05, 0) is 22.4 Å². The molecule has 0 saturated carbocycles. The van der Waals surface area contributed by atoms with Crippen LogP contribution in [0.3, 0.4) is 0 Å². The zero-order chi connectivity index (χ0) is 9.26. The first-order valence-corrected chi connectivity index (χ1v) is 4.97. The zero-order valence-corrected chi connectivity index (χ0v) is 8.16. The Morgan fingerprint density at radius 1 is 1.62 bits per heavy atom. The fourth-order valence-corrected chi connectivity index (χ4v) is 1.99.